The average Bonchev–Trinajstić information content (AvgIpc) is 4.17. The number of hydrogen-bond acceptors (Lipinski definition) is 6. The third kappa shape index (κ3) is 5.57. The molecule has 0 aliphatic carbocycles. The van der Waals surface area contributed by atoms with Crippen molar-refractivity contribution in [3.63, 3.8) is 0 Å². The van der Waals surface area contributed by atoms with Gasteiger partial charge in [-0.1, -0.05) is 146 Å². The summed E-state index contributed by atoms with van der Waals surface area (Å²) in [7, 11) is 0. The molecule has 17 aromatic rings. The molecular weight excluding hydrogens is 981 g/mol. The summed E-state index contributed by atoms with van der Waals surface area (Å²) >= 11 is 0. The molecule has 0 radical (unpaired) electrons. The molecule has 0 bridgehead atoms. The van der Waals surface area contributed by atoms with Gasteiger partial charge in [-0.3, -0.25) is 9.13 Å². The van der Waals surface area contributed by atoms with Crippen LogP contribution < -0.4 is 9.47 Å². The van der Waals surface area contributed by atoms with Gasteiger partial charge in [0.15, 0.2) is 0 Å². The van der Waals surface area contributed by atoms with Crippen molar-refractivity contribution in [1.82, 2.24) is 29.1 Å². The molecule has 8 nitrogen and oxygen atoms in total. The first-order valence-corrected chi connectivity index (χ1v) is 27.0. The molecule has 0 saturated carbocycles. The van der Waals surface area contributed by atoms with Crippen molar-refractivity contribution >= 4 is 119 Å². The van der Waals surface area contributed by atoms with Gasteiger partial charge in [-0.15, -0.1) is 0 Å². The largest absolute Gasteiger partial charge is 0.456 e. The highest BCUT2D eigenvalue weighted by Gasteiger charge is 2.28. The lowest BCUT2D eigenvalue weighted by Gasteiger charge is -2.21. The van der Waals surface area contributed by atoms with Crippen molar-refractivity contribution in [3.8, 4) is 68.5 Å². The molecule has 2 aliphatic heterocycles. The van der Waals surface area contributed by atoms with Gasteiger partial charge in [0.25, 0.3) is 0 Å². The summed E-state index contributed by atoms with van der Waals surface area (Å²) in [6.45, 7) is 0. The minimum absolute atomic E-state index is 0.619. The van der Waals surface area contributed by atoms with Crippen LogP contribution in [0.3, 0.4) is 0 Å². The van der Waals surface area contributed by atoms with Crippen molar-refractivity contribution < 1.29 is 9.47 Å². The molecule has 0 atom stereocenters. The van der Waals surface area contributed by atoms with E-state index in [1.165, 1.54) is 48.5 Å². The summed E-state index contributed by atoms with van der Waals surface area (Å²) < 4.78 is 17.4. The van der Waals surface area contributed by atoms with E-state index >= 15 is 0 Å². The van der Waals surface area contributed by atoms with Gasteiger partial charge in [-0.05, 0) is 145 Å². The van der Waals surface area contributed by atoms with Gasteiger partial charge in [0.1, 0.15) is 23.0 Å². The monoisotopic (exact) mass is 1020 g/mol. The number of ether oxygens (including phenoxy) is 2. The zero-order valence-corrected chi connectivity index (χ0v) is 42.4. The van der Waals surface area contributed by atoms with Crippen LogP contribution in [0.15, 0.2) is 231 Å². The van der Waals surface area contributed by atoms with Gasteiger partial charge >= 0.3 is 0 Å². The summed E-state index contributed by atoms with van der Waals surface area (Å²) in [4.78, 5) is 21.6. The average molecular weight is 1020 g/mol. The van der Waals surface area contributed by atoms with E-state index in [-0.39, 0.29) is 0 Å². The molecule has 80 heavy (non-hydrogen) atoms. The lowest BCUT2D eigenvalue weighted by molar-refractivity contribution is 0.486. The number of fused-ring (bicyclic) bond motifs is 21. The predicted octanol–water partition coefficient (Wildman–Crippen LogP) is 18.7. The van der Waals surface area contributed by atoms with Crippen LogP contribution in [0.5, 0.6) is 23.0 Å². The number of rotatable bonds is 3. The first-order chi connectivity index (χ1) is 39.7. The maximum absolute atomic E-state index is 6.42. The van der Waals surface area contributed by atoms with Crippen LogP contribution in [0.4, 0.5) is 0 Å². The molecule has 0 fully saturated rings. The summed E-state index contributed by atoms with van der Waals surface area (Å²) in [6, 6.07) is 82.3. The molecule has 368 valence electrons. The molecule has 0 amide bonds. The normalized spacial score (nSPS) is 12.7. The topological polar surface area (TPSA) is 79.9 Å². The smallest absolute Gasteiger partial charge is 0.235 e. The Bertz CT molecular complexity index is 5700. The molecule has 8 heteroatoms. The second-order valence-electron chi connectivity index (χ2n) is 21.2. The van der Waals surface area contributed by atoms with Crippen LogP contribution in [0.25, 0.3) is 165 Å². The number of para-hydroxylation sites is 4. The van der Waals surface area contributed by atoms with Gasteiger partial charge < -0.3 is 9.47 Å². The van der Waals surface area contributed by atoms with E-state index < -0.39 is 0 Å². The number of aromatic nitrogens is 6. The Labute approximate surface area is 454 Å². The fraction of sp³-hybridized carbons (Fsp3) is 0. The predicted molar refractivity (Wildman–Crippen MR) is 325 cm³/mol. The number of nitrogens with zero attached hydrogens (tertiary/aromatic N) is 6. The molecule has 0 saturated heterocycles. The maximum Gasteiger partial charge on any atom is 0.235 e. The Hall–Kier alpha value is -11.0. The maximum atomic E-state index is 6.42. The van der Waals surface area contributed by atoms with Crippen LogP contribution in [-0.2, 0) is 0 Å². The van der Waals surface area contributed by atoms with Gasteiger partial charge in [0.05, 0.1) is 55.3 Å². The van der Waals surface area contributed by atoms with Crippen molar-refractivity contribution in [2.45, 2.75) is 0 Å². The summed E-state index contributed by atoms with van der Waals surface area (Å²) in [5, 5.41) is 18.3. The fourth-order valence-electron chi connectivity index (χ4n) is 13.7. The molecular formula is C72H38N6O2. The number of benzene rings is 13. The van der Waals surface area contributed by atoms with Crippen molar-refractivity contribution in [2.24, 2.45) is 0 Å². The van der Waals surface area contributed by atoms with E-state index in [4.69, 9.17) is 29.4 Å². The second-order valence-corrected chi connectivity index (χ2v) is 21.2. The van der Waals surface area contributed by atoms with E-state index in [0.29, 0.717) is 11.9 Å². The summed E-state index contributed by atoms with van der Waals surface area (Å²) in [5.74, 6) is 4.35. The zero-order valence-electron chi connectivity index (χ0n) is 42.4. The highest BCUT2D eigenvalue weighted by atomic mass is 16.5. The Morgan fingerprint density at radius 3 is 1.35 bits per heavy atom. The first kappa shape index (κ1) is 42.2. The summed E-state index contributed by atoms with van der Waals surface area (Å²) in [6.07, 6.45) is 0. The van der Waals surface area contributed by atoms with Crippen molar-refractivity contribution in [1.29, 1.82) is 0 Å². The molecule has 4 aromatic heterocycles. The Balaban J connectivity index is 0.838. The van der Waals surface area contributed by atoms with Crippen LogP contribution in [0.2, 0.25) is 0 Å². The Morgan fingerprint density at radius 2 is 0.713 bits per heavy atom. The standard InChI is InChI=1S/C72H38N6O2/c1-2-16-42-41(15-1)51-35-39(31-33-44(51)54-38-60-55(37-53(42)54)45-18-5-9-25-58(45)77(60)71-73-56-23-13-29-63-66(56)68(75-71)49-21-7-11-27-61(49)79-63)40-32-34-47-52(36-40)43-17-3-4-19-46(43)65-48-20-6-10-26-59(48)78(70(47)65)72-74-57-24-14-30-64-67(57)69(76-72)50-22-8-12-28-62(50)80-64/h1-38H. The highest BCUT2D eigenvalue weighted by Crippen LogP contribution is 2.50. The van der Waals surface area contributed by atoms with E-state index in [1.54, 1.807) is 0 Å². The van der Waals surface area contributed by atoms with Crippen LogP contribution >= 0.6 is 0 Å². The van der Waals surface area contributed by atoms with Gasteiger partial charge in [0.2, 0.25) is 11.9 Å². The molecule has 6 heterocycles. The first-order valence-electron chi connectivity index (χ1n) is 27.0. The minimum Gasteiger partial charge on any atom is -0.456 e. The fourth-order valence-corrected chi connectivity index (χ4v) is 13.7. The molecule has 0 unspecified atom stereocenters. The molecule has 0 spiro atoms. The molecule has 13 aromatic carbocycles. The number of hydrogen-bond donors (Lipinski definition) is 0. The van der Waals surface area contributed by atoms with E-state index in [1.807, 2.05) is 60.7 Å². The van der Waals surface area contributed by atoms with Crippen LogP contribution in [-0.4, -0.2) is 29.1 Å². The minimum atomic E-state index is 0.619. The zero-order chi connectivity index (χ0) is 51.9. The molecule has 0 N–H and O–H groups in total. The van der Waals surface area contributed by atoms with Gasteiger partial charge in [-0.2, -0.15) is 0 Å². The Kier molecular flexibility index (Phi) is 8.11. The van der Waals surface area contributed by atoms with E-state index in [9.17, 15) is 0 Å². The highest BCUT2D eigenvalue weighted by molar-refractivity contribution is 6.33. The van der Waals surface area contributed by atoms with Crippen LogP contribution in [0.1, 0.15) is 0 Å². The third-order valence-electron chi connectivity index (χ3n) is 17.1. The van der Waals surface area contributed by atoms with Crippen molar-refractivity contribution in [3.05, 3.63) is 231 Å². The summed E-state index contributed by atoms with van der Waals surface area (Å²) in [5.41, 5.74) is 11.8. The lowest BCUT2D eigenvalue weighted by Crippen LogP contribution is -2.06. The van der Waals surface area contributed by atoms with Gasteiger partial charge in [-0.25, -0.2) is 19.9 Å². The Morgan fingerprint density at radius 1 is 0.263 bits per heavy atom. The SMILES string of the molecule is c1ccc2c(c1)Oc1cccc3nc(-n4c5ccccc5c5cc6c7ccccc7c7cc(-c8ccc9c(c8)c8ccccc8c8c%10ccccc%10n(-c%10nc%11c%12c(cccc%12n%10)Oc%10ccccc%10-%11)c98)ccc7c6cc54)nc-2c13. The van der Waals surface area contributed by atoms with Crippen LogP contribution in [0, 0.1) is 0 Å². The molecule has 2 aliphatic rings. The van der Waals surface area contributed by atoms with Gasteiger partial charge in [0, 0.05) is 38.1 Å². The second kappa shape index (κ2) is 15.4. The lowest BCUT2D eigenvalue weighted by atomic mass is 9.90. The van der Waals surface area contributed by atoms with E-state index in [0.717, 1.165) is 127 Å². The third-order valence-corrected chi connectivity index (χ3v) is 17.1. The quantitative estimate of drug-likeness (QED) is 0.164. The van der Waals surface area contributed by atoms with Crippen molar-refractivity contribution in [2.75, 3.05) is 0 Å². The molecule has 19 rings (SSSR count). The van der Waals surface area contributed by atoms with E-state index in [2.05, 4.69) is 179 Å².